The van der Waals surface area contributed by atoms with Crippen molar-refractivity contribution in [3.05, 3.63) is 67.9 Å². The molecule has 0 saturated heterocycles. The van der Waals surface area contributed by atoms with Crippen LogP contribution in [0.3, 0.4) is 0 Å². The molecule has 0 saturated carbocycles. The average molecular weight is 467 g/mol. The molecule has 1 amide bonds. The van der Waals surface area contributed by atoms with E-state index in [0.717, 1.165) is 10.0 Å². The van der Waals surface area contributed by atoms with Crippen molar-refractivity contribution in [2.75, 3.05) is 5.75 Å². The molecule has 0 aliphatic rings. The summed E-state index contributed by atoms with van der Waals surface area (Å²) in [7, 11) is 0. The molecule has 3 aromatic rings. The number of carbonyl (C=O) groups excluding carboxylic acids is 1. The van der Waals surface area contributed by atoms with Gasteiger partial charge in [0, 0.05) is 22.6 Å². The predicted molar refractivity (Wildman–Crippen MR) is 113 cm³/mol. The van der Waals surface area contributed by atoms with E-state index in [9.17, 15) is 9.59 Å². The fourth-order valence-corrected chi connectivity index (χ4v) is 4.06. The van der Waals surface area contributed by atoms with Gasteiger partial charge in [0.05, 0.1) is 16.7 Å². The number of carbonyl (C=O) groups is 1. The average Bonchev–Trinajstić information content (AvgIpc) is 2.65. The second-order valence-electron chi connectivity index (χ2n) is 5.80. The van der Waals surface area contributed by atoms with Crippen LogP contribution in [0.2, 0.25) is 5.02 Å². The van der Waals surface area contributed by atoms with Crippen LogP contribution in [-0.4, -0.2) is 21.2 Å². The van der Waals surface area contributed by atoms with Crippen LogP contribution in [0.25, 0.3) is 10.9 Å². The van der Waals surface area contributed by atoms with E-state index in [2.05, 4.69) is 26.2 Å². The molecular formula is C19H17BrClN3O2S. The fourth-order valence-electron chi connectivity index (χ4n) is 2.59. The quantitative estimate of drug-likeness (QED) is 0.436. The number of aromatic nitrogens is 2. The van der Waals surface area contributed by atoms with Crippen molar-refractivity contribution >= 4 is 56.1 Å². The molecule has 5 nitrogen and oxygen atoms in total. The molecule has 3 rings (SSSR count). The third kappa shape index (κ3) is 4.91. The van der Waals surface area contributed by atoms with Crippen LogP contribution >= 0.6 is 39.3 Å². The molecule has 0 radical (unpaired) electrons. The smallest absolute Gasteiger partial charge is 0.262 e. The minimum Gasteiger partial charge on any atom is -0.351 e. The Bertz CT molecular complexity index is 1050. The second kappa shape index (κ2) is 8.91. The van der Waals surface area contributed by atoms with Gasteiger partial charge in [0.25, 0.3) is 5.56 Å². The Hall–Kier alpha value is -1.83. The zero-order chi connectivity index (χ0) is 19.4. The zero-order valence-electron chi connectivity index (χ0n) is 14.5. The summed E-state index contributed by atoms with van der Waals surface area (Å²) in [6, 6.07) is 12.8. The maximum atomic E-state index is 12.7. The lowest BCUT2D eigenvalue weighted by molar-refractivity contribution is -0.118. The second-order valence-corrected chi connectivity index (χ2v) is 8.10. The zero-order valence-corrected chi connectivity index (χ0v) is 17.7. The van der Waals surface area contributed by atoms with Gasteiger partial charge in [-0.25, -0.2) is 4.98 Å². The largest absolute Gasteiger partial charge is 0.351 e. The highest BCUT2D eigenvalue weighted by molar-refractivity contribution is 9.10. The lowest BCUT2D eigenvalue weighted by atomic mass is 10.2. The molecule has 0 bridgehead atoms. The summed E-state index contributed by atoms with van der Waals surface area (Å²) < 4.78 is 2.42. The van der Waals surface area contributed by atoms with Gasteiger partial charge in [0.1, 0.15) is 0 Å². The van der Waals surface area contributed by atoms with E-state index in [0.29, 0.717) is 34.2 Å². The summed E-state index contributed by atoms with van der Waals surface area (Å²) in [6.07, 6.45) is 0. The van der Waals surface area contributed by atoms with Crippen LogP contribution in [-0.2, 0) is 17.9 Å². The fraction of sp³-hybridized carbons (Fsp3) is 0.211. The maximum Gasteiger partial charge on any atom is 0.262 e. The Balaban J connectivity index is 1.71. The van der Waals surface area contributed by atoms with Gasteiger partial charge in [-0.1, -0.05) is 51.4 Å². The van der Waals surface area contributed by atoms with Crippen molar-refractivity contribution < 1.29 is 4.79 Å². The maximum absolute atomic E-state index is 12.7. The molecule has 0 aliphatic carbocycles. The number of benzene rings is 2. The summed E-state index contributed by atoms with van der Waals surface area (Å²) in [5, 5.41) is 4.58. The summed E-state index contributed by atoms with van der Waals surface area (Å²) >= 11 is 10.6. The SMILES string of the molecule is CCn1c(SCC(=O)NCc2cccc(Cl)c2)nc2ccc(Br)cc2c1=O. The molecule has 0 atom stereocenters. The van der Waals surface area contributed by atoms with E-state index in [1.807, 2.05) is 31.2 Å². The number of hydrogen-bond donors (Lipinski definition) is 1. The number of thioether (sulfide) groups is 1. The van der Waals surface area contributed by atoms with Gasteiger partial charge < -0.3 is 5.32 Å². The third-order valence-corrected chi connectivity index (χ3v) is 5.61. The van der Waals surface area contributed by atoms with Crippen molar-refractivity contribution in [2.45, 2.75) is 25.2 Å². The number of rotatable bonds is 6. The Morgan fingerprint density at radius 3 is 2.85 bits per heavy atom. The number of halogens is 2. The Morgan fingerprint density at radius 1 is 1.30 bits per heavy atom. The van der Waals surface area contributed by atoms with Crippen LogP contribution in [0.4, 0.5) is 0 Å². The molecule has 2 aromatic carbocycles. The van der Waals surface area contributed by atoms with E-state index in [1.165, 1.54) is 11.8 Å². The molecular weight excluding hydrogens is 450 g/mol. The predicted octanol–water partition coefficient (Wildman–Crippen LogP) is 4.24. The highest BCUT2D eigenvalue weighted by Crippen LogP contribution is 2.20. The Kier molecular flexibility index (Phi) is 6.57. The molecule has 0 spiro atoms. The summed E-state index contributed by atoms with van der Waals surface area (Å²) in [5.74, 6) is 0.0440. The van der Waals surface area contributed by atoms with Crippen molar-refractivity contribution in [3.8, 4) is 0 Å². The van der Waals surface area contributed by atoms with Gasteiger partial charge in [-0.05, 0) is 42.8 Å². The van der Waals surface area contributed by atoms with E-state index in [-0.39, 0.29) is 17.2 Å². The van der Waals surface area contributed by atoms with Crippen LogP contribution in [0.5, 0.6) is 0 Å². The monoisotopic (exact) mass is 465 g/mol. The Labute approximate surface area is 174 Å². The van der Waals surface area contributed by atoms with Crippen LogP contribution in [0, 0.1) is 0 Å². The molecule has 0 unspecified atom stereocenters. The highest BCUT2D eigenvalue weighted by atomic mass is 79.9. The van der Waals surface area contributed by atoms with E-state index in [4.69, 9.17) is 11.6 Å². The van der Waals surface area contributed by atoms with Gasteiger partial charge in [-0.3, -0.25) is 14.2 Å². The normalized spacial score (nSPS) is 10.9. The van der Waals surface area contributed by atoms with Crippen LogP contribution in [0.15, 0.2) is 56.9 Å². The summed E-state index contributed by atoms with van der Waals surface area (Å²) in [6.45, 7) is 2.77. The van der Waals surface area contributed by atoms with Crippen LogP contribution < -0.4 is 10.9 Å². The van der Waals surface area contributed by atoms with E-state index < -0.39 is 0 Å². The van der Waals surface area contributed by atoms with Gasteiger partial charge in [0.2, 0.25) is 5.91 Å². The van der Waals surface area contributed by atoms with Crippen molar-refractivity contribution in [2.24, 2.45) is 0 Å². The third-order valence-electron chi connectivity index (χ3n) is 3.91. The Morgan fingerprint density at radius 2 is 2.11 bits per heavy atom. The lowest BCUT2D eigenvalue weighted by Crippen LogP contribution is -2.26. The first-order valence-corrected chi connectivity index (χ1v) is 10.5. The molecule has 0 fully saturated rings. The molecule has 1 N–H and O–H groups in total. The summed E-state index contributed by atoms with van der Waals surface area (Å²) in [4.78, 5) is 29.4. The molecule has 27 heavy (non-hydrogen) atoms. The molecule has 8 heteroatoms. The minimum absolute atomic E-state index is 0.106. The summed E-state index contributed by atoms with van der Waals surface area (Å²) in [5.41, 5.74) is 1.45. The van der Waals surface area contributed by atoms with Gasteiger partial charge in [-0.2, -0.15) is 0 Å². The number of nitrogens with zero attached hydrogens (tertiary/aromatic N) is 2. The van der Waals surface area contributed by atoms with E-state index in [1.54, 1.807) is 22.8 Å². The lowest BCUT2D eigenvalue weighted by Gasteiger charge is -2.11. The van der Waals surface area contributed by atoms with Gasteiger partial charge >= 0.3 is 0 Å². The van der Waals surface area contributed by atoms with Gasteiger partial charge in [0.15, 0.2) is 5.16 Å². The van der Waals surface area contributed by atoms with Crippen molar-refractivity contribution in [1.82, 2.24) is 14.9 Å². The molecule has 1 aromatic heterocycles. The number of amides is 1. The molecule has 0 aliphatic heterocycles. The van der Waals surface area contributed by atoms with Crippen LogP contribution in [0.1, 0.15) is 12.5 Å². The first kappa shape index (κ1) is 19.9. The van der Waals surface area contributed by atoms with E-state index >= 15 is 0 Å². The highest BCUT2D eigenvalue weighted by Gasteiger charge is 2.12. The van der Waals surface area contributed by atoms with Crippen molar-refractivity contribution in [1.29, 1.82) is 0 Å². The number of nitrogens with one attached hydrogen (secondary N) is 1. The first-order valence-electron chi connectivity index (χ1n) is 8.32. The number of hydrogen-bond acceptors (Lipinski definition) is 4. The minimum atomic E-state index is -0.132. The van der Waals surface area contributed by atoms with Crippen molar-refractivity contribution in [3.63, 3.8) is 0 Å². The standard InChI is InChI=1S/C19H17BrClN3O2S/c1-2-24-18(26)15-9-13(20)6-7-16(15)23-19(24)27-11-17(25)22-10-12-4-3-5-14(21)8-12/h3-9H,2,10-11H2,1H3,(H,22,25). The molecule has 140 valence electrons. The molecule has 1 heterocycles. The van der Waals surface area contributed by atoms with Gasteiger partial charge in [-0.15, -0.1) is 0 Å². The number of fused-ring (bicyclic) bond motifs is 1. The topological polar surface area (TPSA) is 64.0 Å². The first-order chi connectivity index (χ1) is 13.0.